The van der Waals surface area contributed by atoms with Crippen LogP contribution in [0.5, 0.6) is 0 Å². The Bertz CT molecular complexity index is 1280. The number of morpholine rings is 1. The number of para-hydroxylation sites is 1. The van der Waals surface area contributed by atoms with Gasteiger partial charge in [0.2, 0.25) is 5.91 Å². The third-order valence-corrected chi connectivity index (χ3v) is 11.5. The van der Waals surface area contributed by atoms with Gasteiger partial charge in [0, 0.05) is 37.6 Å². The zero-order chi connectivity index (χ0) is 24.4. The van der Waals surface area contributed by atoms with Crippen molar-refractivity contribution in [2.24, 2.45) is 0 Å². The molecule has 1 atom stereocenters. The highest BCUT2D eigenvalue weighted by molar-refractivity contribution is 7.98. The Hall–Kier alpha value is -1.25. The van der Waals surface area contributed by atoms with Crippen LogP contribution in [0, 0.1) is 0 Å². The topological polar surface area (TPSA) is 83.0 Å². The maximum atomic E-state index is 14.0. The molecule has 2 aliphatic heterocycles. The second kappa shape index (κ2) is 12.1. The highest BCUT2D eigenvalue weighted by atomic mass is 35.5. The standard InChI is InChI=1S/C23H28N4O4S4.ClH/c1-32-18-6-2-7-19-21(18)24-23(34-19)26(11-10-25-12-14-31-15-13-25)22(28)17-5-3-9-27(17)35(29,30)20-8-4-16-33-20;/h2,4,6-8,16-17H,3,5,9-15H2,1H3;1H. The Balaban J connectivity index is 0.00000304. The second-order valence-electron chi connectivity index (χ2n) is 8.45. The molecule has 1 unspecified atom stereocenters. The van der Waals surface area contributed by atoms with Gasteiger partial charge in [-0.3, -0.25) is 14.6 Å². The van der Waals surface area contributed by atoms with Crippen LogP contribution >= 0.6 is 46.8 Å². The van der Waals surface area contributed by atoms with Gasteiger partial charge in [0.05, 0.1) is 23.4 Å². The molecule has 8 nitrogen and oxygen atoms in total. The molecule has 36 heavy (non-hydrogen) atoms. The number of fused-ring (bicyclic) bond motifs is 1. The quantitative estimate of drug-likeness (QED) is 0.368. The predicted octanol–water partition coefficient (Wildman–Crippen LogP) is 4.02. The number of anilines is 1. The SMILES string of the molecule is CSc1cccc2sc(N(CCN3CCOCC3)C(=O)C3CCCN3S(=O)(=O)c3cccs3)nc12.Cl. The first-order valence-corrected chi connectivity index (χ1v) is 16.0. The molecule has 2 aromatic heterocycles. The van der Waals surface area contributed by atoms with E-state index in [1.807, 2.05) is 24.5 Å². The van der Waals surface area contributed by atoms with Crippen molar-refractivity contribution in [1.29, 1.82) is 0 Å². The smallest absolute Gasteiger partial charge is 0.253 e. The van der Waals surface area contributed by atoms with Gasteiger partial charge < -0.3 is 4.74 Å². The van der Waals surface area contributed by atoms with Crippen LogP contribution in [-0.4, -0.2) is 86.7 Å². The van der Waals surface area contributed by atoms with E-state index in [2.05, 4.69) is 4.90 Å². The number of benzene rings is 1. The van der Waals surface area contributed by atoms with Crippen LogP contribution in [0.15, 0.2) is 44.8 Å². The summed E-state index contributed by atoms with van der Waals surface area (Å²) >= 11 is 4.30. The van der Waals surface area contributed by atoms with Crippen molar-refractivity contribution in [2.75, 3.05) is 57.1 Å². The molecule has 0 N–H and O–H groups in total. The lowest BCUT2D eigenvalue weighted by atomic mass is 10.2. The van der Waals surface area contributed by atoms with Crippen molar-refractivity contribution in [3.05, 3.63) is 35.7 Å². The fourth-order valence-corrected chi connectivity index (χ4v) is 8.96. The first-order chi connectivity index (χ1) is 17.0. The summed E-state index contributed by atoms with van der Waals surface area (Å²) in [6.07, 6.45) is 3.19. The Morgan fingerprint density at radius 2 is 2.03 bits per heavy atom. The van der Waals surface area contributed by atoms with E-state index in [0.29, 0.717) is 50.8 Å². The molecule has 0 radical (unpaired) electrons. The van der Waals surface area contributed by atoms with Gasteiger partial charge in [-0.25, -0.2) is 13.4 Å². The number of ether oxygens (including phenoxy) is 1. The largest absolute Gasteiger partial charge is 0.379 e. The van der Waals surface area contributed by atoms with Gasteiger partial charge in [0.15, 0.2) is 5.13 Å². The number of carbonyl (C=O) groups excluding carboxylic acids is 1. The third kappa shape index (κ3) is 5.60. The zero-order valence-electron chi connectivity index (χ0n) is 19.9. The van der Waals surface area contributed by atoms with Crippen LogP contribution in [0.2, 0.25) is 0 Å². The van der Waals surface area contributed by atoms with Crippen LogP contribution in [-0.2, 0) is 19.6 Å². The van der Waals surface area contributed by atoms with E-state index >= 15 is 0 Å². The lowest BCUT2D eigenvalue weighted by molar-refractivity contribution is -0.121. The number of carbonyl (C=O) groups is 1. The number of aromatic nitrogens is 1. The molecule has 196 valence electrons. The van der Waals surface area contributed by atoms with Crippen molar-refractivity contribution >= 4 is 78.1 Å². The van der Waals surface area contributed by atoms with Crippen LogP contribution in [0.4, 0.5) is 5.13 Å². The van der Waals surface area contributed by atoms with Gasteiger partial charge in [-0.05, 0) is 42.7 Å². The maximum Gasteiger partial charge on any atom is 0.253 e. The first-order valence-electron chi connectivity index (χ1n) is 11.6. The number of thioether (sulfide) groups is 1. The number of thiazole rings is 1. The number of thiophene rings is 1. The molecular weight excluding hydrogens is 560 g/mol. The number of hydrogen-bond acceptors (Lipinski definition) is 9. The molecule has 13 heteroatoms. The highest BCUT2D eigenvalue weighted by Gasteiger charge is 2.42. The minimum atomic E-state index is -3.72. The van der Waals surface area contributed by atoms with Gasteiger partial charge in [0.25, 0.3) is 10.0 Å². The van der Waals surface area contributed by atoms with Gasteiger partial charge in [-0.2, -0.15) is 4.31 Å². The molecule has 2 saturated heterocycles. The third-order valence-electron chi connectivity index (χ3n) is 6.38. The van der Waals surface area contributed by atoms with E-state index in [0.717, 1.165) is 28.2 Å². The first kappa shape index (κ1) is 27.8. The molecule has 3 aromatic rings. The Labute approximate surface area is 230 Å². The number of rotatable bonds is 8. The number of amides is 1. The molecule has 2 fully saturated rings. The van der Waals surface area contributed by atoms with Crippen molar-refractivity contribution < 1.29 is 17.9 Å². The highest BCUT2D eigenvalue weighted by Crippen LogP contribution is 2.36. The molecule has 4 heterocycles. The monoisotopic (exact) mass is 588 g/mol. The Kier molecular flexibility index (Phi) is 9.32. The molecule has 0 bridgehead atoms. The van der Waals surface area contributed by atoms with Gasteiger partial charge in [-0.15, -0.1) is 35.5 Å². The fraction of sp³-hybridized carbons (Fsp3) is 0.478. The van der Waals surface area contributed by atoms with Gasteiger partial charge >= 0.3 is 0 Å². The zero-order valence-corrected chi connectivity index (χ0v) is 24.0. The molecule has 1 aromatic carbocycles. The van der Waals surface area contributed by atoms with Crippen LogP contribution < -0.4 is 4.90 Å². The van der Waals surface area contributed by atoms with Crippen molar-refractivity contribution in [1.82, 2.24) is 14.2 Å². The Morgan fingerprint density at radius 3 is 2.75 bits per heavy atom. The van der Waals surface area contributed by atoms with Gasteiger partial charge in [-0.1, -0.05) is 23.5 Å². The normalized spacial score (nSPS) is 19.4. The summed E-state index contributed by atoms with van der Waals surface area (Å²) in [5.74, 6) is -0.194. The molecule has 0 spiro atoms. The van der Waals surface area contributed by atoms with Crippen molar-refractivity contribution in [3.8, 4) is 0 Å². The molecular formula is C23H29ClN4O4S4. The van der Waals surface area contributed by atoms with E-state index in [1.54, 1.807) is 34.2 Å². The second-order valence-corrected chi connectivity index (χ2v) is 13.4. The average Bonchev–Trinajstić information content (AvgIpc) is 3.65. The number of nitrogens with zero attached hydrogens (tertiary/aromatic N) is 4. The minimum absolute atomic E-state index is 0. The Morgan fingerprint density at radius 1 is 1.22 bits per heavy atom. The summed E-state index contributed by atoms with van der Waals surface area (Å²) in [4.78, 5) is 23.9. The number of halogens is 1. The summed E-state index contributed by atoms with van der Waals surface area (Å²) in [6, 6.07) is 8.66. The fourth-order valence-electron chi connectivity index (χ4n) is 4.54. The molecule has 1 amide bonds. The predicted molar refractivity (Wildman–Crippen MR) is 149 cm³/mol. The van der Waals surface area contributed by atoms with Crippen LogP contribution in [0.25, 0.3) is 10.2 Å². The summed E-state index contributed by atoms with van der Waals surface area (Å²) in [5.41, 5.74) is 0.888. The summed E-state index contributed by atoms with van der Waals surface area (Å²) in [7, 11) is -3.72. The minimum Gasteiger partial charge on any atom is -0.379 e. The van der Waals surface area contributed by atoms with E-state index in [4.69, 9.17) is 9.72 Å². The maximum absolute atomic E-state index is 14.0. The molecule has 5 rings (SSSR count). The number of hydrogen-bond donors (Lipinski definition) is 0. The van der Waals surface area contributed by atoms with E-state index in [-0.39, 0.29) is 22.5 Å². The van der Waals surface area contributed by atoms with Crippen LogP contribution in [0.1, 0.15) is 12.8 Å². The summed E-state index contributed by atoms with van der Waals surface area (Å²) < 4.78 is 34.8. The van der Waals surface area contributed by atoms with E-state index in [1.165, 1.54) is 27.0 Å². The van der Waals surface area contributed by atoms with E-state index < -0.39 is 16.1 Å². The summed E-state index contributed by atoms with van der Waals surface area (Å²) in [5, 5.41) is 2.37. The molecule has 0 aliphatic carbocycles. The van der Waals surface area contributed by atoms with Crippen LogP contribution in [0.3, 0.4) is 0 Å². The summed E-state index contributed by atoms with van der Waals surface area (Å²) in [6.45, 7) is 4.50. The lowest BCUT2D eigenvalue weighted by Gasteiger charge is -2.31. The van der Waals surface area contributed by atoms with Gasteiger partial charge in [0.1, 0.15) is 10.3 Å². The van der Waals surface area contributed by atoms with Crippen molar-refractivity contribution in [3.63, 3.8) is 0 Å². The van der Waals surface area contributed by atoms with E-state index in [9.17, 15) is 13.2 Å². The molecule has 2 aliphatic rings. The average molecular weight is 589 g/mol. The van der Waals surface area contributed by atoms with Crippen molar-refractivity contribution in [2.45, 2.75) is 28.0 Å². The number of sulfonamides is 1. The molecule has 0 saturated carbocycles. The lowest BCUT2D eigenvalue weighted by Crippen LogP contribution is -2.50.